The normalized spacial score (nSPS) is 12.4. The van der Waals surface area contributed by atoms with Gasteiger partial charge in [-0.2, -0.15) is 0 Å². The highest BCUT2D eigenvalue weighted by Gasteiger charge is 2.31. The van der Waals surface area contributed by atoms with E-state index in [4.69, 9.17) is 14.0 Å². The van der Waals surface area contributed by atoms with E-state index < -0.39 is 10.0 Å². The third-order valence-corrected chi connectivity index (χ3v) is 5.95. The van der Waals surface area contributed by atoms with Crippen molar-refractivity contribution in [3.05, 3.63) is 65.0 Å². The van der Waals surface area contributed by atoms with E-state index in [0.717, 1.165) is 0 Å². The number of methoxy groups -OCH3 is 2. The summed E-state index contributed by atoms with van der Waals surface area (Å²) in [6.07, 6.45) is 1.40. The average molecular weight is 439 g/mol. The van der Waals surface area contributed by atoms with Gasteiger partial charge in [0.15, 0.2) is 17.2 Å². The minimum atomic E-state index is -3.98. The molecule has 0 fully saturated rings. The average Bonchev–Trinajstić information content (AvgIpc) is 3.42. The van der Waals surface area contributed by atoms with Gasteiger partial charge in [0.1, 0.15) is 6.26 Å². The minimum absolute atomic E-state index is 0.0141. The zero-order chi connectivity index (χ0) is 22.0. The first-order chi connectivity index (χ1) is 14.9. The van der Waals surface area contributed by atoms with Crippen LogP contribution in [0.4, 0.5) is 5.69 Å². The van der Waals surface area contributed by atoms with Crippen molar-refractivity contribution in [2.24, 2.45) is 0 Å². The van der Waals surface area contributed by atoms with Crippen LogP contribution in [0, 0.1) is 11.8 Å². The number of carbonyl (C=O) groups excluding carboxylic acids is 1. The molecule has 0 radical (unpaired) electrons. The molecule has 0 unspecified atom stereocenters. The van der Waals surface area contributed by atoms with E-state index in [9.17, 15) is 13.2 Å². The second-order valence-corrected chi connectivity index (χ2v) is 8.15. The Morgan fingerprint density at radius 3 is 2.71 bits per heavy atom. The smallest absolute Gasteiger partial charge is 0.261 e. The molecule has 1 amide bonds. The predicted octanol–water partition coefficient (Wildman–Crippen LogP) is 2.14. The third-order valence-electron chi connectivity index (χ3n) is 4.59. The number of amides is 1. The summed E-state index contributed by atoms with van der Waals surface area (Å²) in [6, 6.07) is 9.26. The zero-order valence-corrected chi connectivity index (χ0v) is 17.4. The molecule has 1 aliphatic rings. The summed E-state index contributed by atoms with van der Waals surface area (Å²) in [5.74, 6) is 5.76. The first kappa shape index (κ1) is 20.3. The second-order valence-electron chi connectivity index (χ2n) is 6.46. The summed E-state index contributed by atoms with van der Waals surface area (Å²) < 4.78 is 44.0. The molecule has 2 N–H and O–H groups in total. The van der Waals surface area contributed by atoms with Crippen LogP contribution in [0.5, 0.6) is 11.5 Å². The summed E-state index contributed by atoms with van der Waals surface area (Å²) >= 11 is 0. The lowest BCUT2D eigenvalue weighted by Gasteiger charge is -2.16. The Morgan fingerprint density at radius 2 is 2.00 bits per heavy atom. The van der Waals surface area contributed by atoms with Crippen molar-refractivity contribution < 1.29 is 27.2 Å². The fourth-order valence-corrected chi connectivity index (χ4v) is 4.29. The van der Waals surface area contributed by atoms with E-state index in [-0.39, 0.29) is 40.1 Å². The van der Waals surface area contributed by atoms with Crippen LogP contribution in [0.2, 0.25) is 0 Å². The van der Waals surface area contributed by atoms with Gasteiger partial charge in [-0.3, -0.25) is 9.52 Å². The van der Waals surface area contributed by atoms with Crippen LogP contribution in [0.3, 0.4) is 0 Å². The summed E-state index contributed by atoms with van der Waals surface area (Å²) in [7, 11) is -1.15. The number of ether oxygens (including phenoxy) is 2. The topological polar surface area (TPSA) is 120 Å². The highest BCUT2D eigenvalue weighted by molar-refractivity contribution is 7.92. The Labute approximate surface area is 178 Å². The first-order valence-corrected chi connectivity index (χ1v) is 10.5. The standard InChI is InChI=1S/C21H17N3O6S/c1-28-18-11-17(16-12-22-21(25)19(16)20(18)29-2)24-31(26,27)15-5-3-4-13(10-15)6-7-14-8-9-30-23-14/h3-5,8-11,24H,12H2,1-2H3,(H,22,25). The number of nitrogens with zero attached hydrogens (tertiary/aromatic N) is 1. The highest BCUT2D eigenvalue weighted by atomic mass is 32.2. The van der Waals surface area contributed by atoms with Crippen molar-refractivity contribution in [3.63, 3.8) is 0 Å². The largest absolute Gasteiger partial charge is 0.493 e. The SMILES string of the molecule is COc1cc(NS(=O)(=O)c2cccc(C#Cc3ccon3)c2)c2c(c1OC)C(=O)NC2. The van der Waals surface area contributed by atoms with Gasteiger partial charge in [0.25, 0.3) is 15.9 Å². The molecule has 158 valence electrons. The van der Waals surface area contributed by atoms with Crippen LogP contribution >= 0.6 is 0 Å². The molecule has 9 nitrogen and oxygen atoms in total. The molecule has 0 saturated heterocycles. The van der Waals surface area contributed by atoms with E-state index in [0.29, 0.717) is 16.8 Å². The summed E-state index contributed by atoms with van der Waals surface area (Å²) in [6.45, 7) is 0.162. The van der Waals surface area contributed by atoms with Crippen LogP contribution in [0.1, 0.15) is 27.2 Å². The van der Waals surface area contributed by atoms with Crippen LogP contribution in [0.15, 0.2) is 52.1 Å². The lowest BCUT2D eigenvalue weighted by atomic mass is 10.1. The number of nitrogens with one attached hydrogen (secondary N) is 2. The summed E-state index contributed by atoms with van der Waals surface area (Å²) in [4.78, 5) is 12.3. The Balaban J connectivity index is 1.70. The maximum Gasteiger partial charge on any atom is 0.261 e. The van der Waals surface area contributed by atoms with Crippen LogP contribution in [0.25, 0.3) is 0 Å². The number of carbonyl (C=O) groups is 1. The van der Waals surface area contributed by atoms with Gasteiger partial charge in [-0.05, 0) is 24.1 Å². The van der Waals surface area contributed by atoms with E-state index >= 15 is 0 Å². The number of rotatable bonds is 5. The zero-order valence-electron chi connectivity index (χ0n) is 16.6. The van der Waals surface area contributed by atoms with Crippen molar-refractivity contribution in [3.8, 4) is 23.3 Å². The predicted molar refractivity (Wildman–Crippen MR) is 110 cm³/mol. The van der Waals surface area contributed by atoms with Crippen molar-refractivity contribution in [2.75, 3.05) is 18.9 Å². The lowest BCUT2D eigenvalue weighted by molar-refractivity contribution is 0.0962. The Hall–Kier alpha value is -3.97. The van der Waals surface area contributed by atoms with Gasteiger partial charge < -0.3 is 19.3 Å². The van der Waals surface area contributed by atoms with E-state index in [1.54, 1.807) is 18.2 Å². The molecular weight excluding hydrogens is 422 g/mol. The molecule has 10 heteroatoms. The molecule has 0 bridgehead atoms. The molecule has 2 heterocycles. The Bertz CT molecular complexity index is 1320. The first-order valence-electron chi connectivity index (χ1n) is 9.04. The van der Waals surface area contributed by atoms with Gasteiger partial charge in [-0.1, -0.05) is 17.1 Å². The third kappa shape index (κ3) is 3.91. The van der Waals surface area contributed by atoms with E-state index in [1.807, 2.05) is 0 Å². The van der Waals surface area contributed by atoms with Crippen LogP contribution < -0.4 is 19.5 Å². The molecule has 0 aliphatic carbocycles. The summed E-state index contributed by atoms with van der Waals surface area (Å²) in [5.41, 5.74) is 1.87. The fourth-order valence-electron chi connectivity index (χ4n) is 3.16. The highest BCUT2D eigenvalue weighted by Crippen LogP contribution is 2.41. The molecule has 1 aromatic heterocycles. The van der Waals surface area contributed by atoms with Gasteiger partial charge >= 0.3 is 0 Å². The molecular formula is C21H17N3O6S. The number of hydrogen-bond donors (Lipinski definition) is 2. The second kappa shape index (κ2) is 8.04. The number of fused-ring (bicyclic) bond motifs is 1. The molecule has 4 rings (SSSR count). The molecule has 0 atom stereocenters. The monoisotopic (exact) mass is 439 g/mol. The van der Waals surface area contributed by atoms with Gasteiger partial charge in [0.05, 0.1) is 30.4 Å². The molecule has 0 saturated carbocycles. The number of hydrogen-bond acceptors (Lipinski definition) is 7. The molecule has 0 spiro atoms. The molecule has 3 aromatic rings. The molecule has 2 aromatic carbocycles. The molecule has 31 heavy (non-hydrogen) atoms. The number of aromatic nitrogens is 1. The maximum atomic E-state index is 13.1. The van der Waals surface area contributed by atoms with E-state index in [2.05, 4.69) is 27.0 Å². The van der Waals surface area contributed by atoms with Crippen molar-refractivity contribution >= 4 is 21.6 Å². The maximum absolute atomic E-state index is 13.1. The number of sulfonamides is 1. The van der Waals surface area contributed by atoms with Crippen molar-refractivity contribution in [2.45, 2.75) is 11.4 Å². The van der Waals surface area contributed by atoms with E-state index in [1.165, 1.54) is 38.7 Å². The van der Waals surface area contributed by atoms with Crippen molar-refractivity contribution in [1.82, 2.24) is 10.5 Å². The minimum Gasteiger partial charge on any atom is -0.493 e. The Morgan fingerprint density at radius 1 is 1.16 bits per heavy atom. The van der Waals surface area contributed by atoms with Gasteiger partial charge in [0.2, 0.25) is 0 Å². The fraction of sp³-hybridized carbons (Fsp3) is 0.143. The lowest BCUT2D eigenvalue weighted by Crippen LogP contribution is -2.15. The number of benzene rings is 2. The van der Waals surface area contributed by atoms with Gasteiger partial charge in [-0.25, -0.2) is 8.42 Å². The quantitative estimate of drug-likeness (QED) is 0.585. The Kier molecular flexibility index (Phi) is 5.27. The van der Waals surface area contributed by atoms with Crippen LogP contribution in [-0.4, -0.2) is 33.7 Å². The van der Waals surface area contributed by atoms with Crippen LogP contribution in [-0.2, 0) is 16.6 Å². The summed E-state index contributed by atoms with van der Waals surface area (Å²) in [5, 5.41) is 6.37. The molecule has 1 aliphatic heterocycles. The van der Waals surface area contributed by atoms with Crippen molar-refractivity contribution in [1.29, 1.82) is 0 Å². The number of anilines is 1. The van der Waals surface area contributed by atoms with Gasteiger partial charge in [0, 0.05) is 29.8 Å². The van der Waals surface area contributed by atoms with Gasteiger partial charge in [-0.15, -0.1) is 0 Å².